The van der Waals surface area contributed by atoms with E-state index in [-0.39, 0.29) is 18.0 Å². The smallest absolute Gasteiger partial charge is 0.387 e. The topological polar surface area (TPSA) is 47.6 Å². The molecule has 0 aliphatic heterocycles. The number of hydrogen-bond acceptors (Lipinski definition) is 3. The van der Waals surface area contributed by atoms with Gasteiger partial charge in [0.2, 0.25) is 0 Å². The van der Waals surface area contributed by atoms with E-state index in [1.807, 2.05) is 26.0 Å². The number of benzene rings is 2. The summed E-state index contributed by atoms with van der Waals surface area (Å²) in [6, 6.07) is 11.5. The number of para-hydroxylation sites is 2. The molecule has 0 aliphatic carbocycles. The second-order valence-corrected chi connectivity index (χ2v) is 4.91. The zero-order valence-corrected chi connectivity index (χ0v) is 12.8. The van der Waals surface area contributed by atoms with E-state index in [2.05, 4.69) is 10.1 Å². The summed E-state index contributed by atoms with van der Waals surface area (Å²) in [6.45, 7) is 0.654. The van der Waals surface area contributed by atoms with Crippen LogP contribution < -0.4 is 14.8 Å². The van der Waals surface area contributed by atoms with Crippen LogP contribution in [0.1, 0.15) is 11.1 Å². The number of halogens is 2. The number of amides is 1. The van der Waals surface area contributed by atoms with Crippen molar-refractivity contribution in [2.75, 3.05) is 11.9 Å². The number of ether oxygens (including phenoxy) is 2. The number of rotatable bonds is 6. The van der Waals surface area contributed by atoms with Crippen molar-refractivity contribution in [2.45, 2.75) is 20.5 Å². The van der Waals surface area contributed by atoms with Gasteiger partial charge in [-0.2, -0.15) is 8.78 Å². The van der Waals surface area contributed by atoms with Crippen LogP contribution in [0.5, 0.6) is 11.5 Å². The van der Waals surface area contributed by atoms with E-state index in [0.717, 1.165) is 11.1 Å². The number of anilines is 1. The van der Waals surface area contributed by atoms with E-state index in [9.17, 15) is 13.6 Å². The molecule has 0 spiro atoms. The molecule has 1 amide bonds. The highest BCUT2D eigenvalue weighted by Gasteiger charge is 2.12. The second kappa shape index (κ2) is 7.58. The molecule has 2 aromatic rings. The zero-order chi connectivity index (χ0) is 16.8. The summed E-state index contributed by atoms with van der Waals surface area (Å²) in [5.41, 5.74) is 2.17. The van der Waals surface area contributed by atoms with Crippen molar-refractivity contribution in [1.82, 2.24) is 0 Å². The molecule has 0 saturated carbocycles. The third kappa shape index (κ3) is 4.67. The molecule has 23 heavy (non-hydrogen) atoms. The van der Waals surface area contributed by atoms with Gasteiger partial charge < -0.3 is 14.8 Å². The third-order valence-corrected chi connectivity index (χ3v) is 3.29. The van der Waals surface area contributed by atoms with Crippen LogP contribution in [0.25, 0.3) is 0 Å². The van der Waals surface area contributed by atoms with Gasteiger partial charge in [0, 0.05) is 0 Å². The van der Waals surface area contributed by atoms with Crippen molar-refractivity contribution in [3.8, 4) is 11.5 Å². The number of nitrogens with one attached hydrogen (secondary N) is 1. The largest absolute Gasteiger partial charge is 0.483 e. The molecule has 122 valence electrons. The number of carbonyl (C=O) groups excluding carboxylic acids is 1. The number of alkyl halides is 2. The number of carbonyl (C=O) groups is 1. The van der Waals surface area contributed by atoms with E-state index in [4.69, 9.17) is 4.74 Å². The van der Waals surface area contributed by atoms with Crippen molar-refractivity contribution in [2.24, 2.45) is 0 Å². The van der Waals surface area contributed by atoms with Gasteiger partial charge in [-0.05, 0) is 43.2 Å². The van der Waals surface area contributed by atoms with Crippen LogP contribution in [-0.4, -0.2) is 19.1 Å². The van der Waals surface area contributed by atoms with Crippen LogP contribution in [0.3, 0.4) is 0 Å². The summed E-state index contributed by atoms with van der Waals surface area (Å²) < 4.78 is 34.5. The first kappa shape index (κ1) is 16.7. The molecular weight excluding hydrogens is 304 g/mol. The molecule has 2 aromatic carbocycles. The van der Waals surface area contributed by atoms with Crippen LogP contribution in [0, 0.1) is 13.8 Å². The Labute approximate surface area is 133 Å². The molecule has 0 fully saturated rings. The van der Waals surface area contributed by atoms with Crippen LogP contribution in [0.4, 0.5) is 14.5 Å². The van der Waals surface area contributed by atoms with Gasteiger partial charge in [-0.3, -0.25) is 4.79 Å². The molecule has 0 aliphatic rings. The Morgan fingerprint density at radius 3 is 2.52 bits per heavy atom. The quantitative estimate of drug-likeness (QED) is 0.877. The van der Waals surface area contributed by atoms with Gasteiger partial charge >= 0.3 is 6.61 Å². The zero-order valence-electron chi connectivity index (χ0n) is 12.8. The number of hydrogen-bond donors (Lipinski definition) is 1. The van der Waals surface area contributed by atoms with Gasteiger partial charge in [0.05, 0.1) is 5.69 Å². The molecular formula is C17H17F2NO3. The summed E-state index contributed by atoms with van der Waals surface area (Å²) >= 11 is 0. The minimum Gasteiger partial charge on any atom is -0.483 e. The summed E-state index contributed by atoms with van der Waals surface area (Å²) in [7, 11) is 0. The second-order valence-electron chi connectivity index (χ2n) is 4.91. The van der Waals surface area contributed by atoms with Crippen molar-refractivity contribution >= 4 is 11.6 Å². The van der Waals surface area contributed by atoms with Gasteiger partial charge in [0.25, 0.3) is 5.91 Å². The van der Waals surface area contributed by atoms with Crippen LogP contribution in [0.15, 0.2) is 42.5 Å². The fourth-order valence-electron chi connectivity index (χ4n) is 1.98. The molecule has 0 unspecified atom stereocenters. The highest BCUT2D eigenvalue weighted by Crippen LogP contribution is 2.25. The third-order valence-electron chi connectivity index (χ3n) is 3.29. The first-order valence-corrected chi connectivity index (χ1v) is 7.00. The average molecular weight is 321 g/mol. The van der Waals surface area contributed by atoms with Gasteiger partial charge in [0.1, 0.15) is 11.5 Å². The van der Waals surface area contributed by atoms with E-state index in [1.165, 1.54) is 12.1 Å². The summed E-state index contributed by atoms with van der Waals surface area (Å²) in [4.78, 5) is 11.9. The highest BCUT2D eigenvalue weighted by molar-refractivity contribution is 5.93. The lowest BCUT2D eigenvalue weighted by molar-refractivity contribution is -0.118. The Morgan fingerprint density at radius 2 is 1.78 bits per heavy atom. The predicted molar refractivity (Wildman–Crippen MR) is 83.1 cm³/mol. The lowest BCUT2D eigenvalue weighted by Gasteiger charge is -2.13. The Kier molecular flexibility index (Phi) is 5.51. The van der Waals surface area contributed by atoms with Gasteiger partial charge in [-0.25, -0.2) is 0 Å². The highest BCUT2D eigenvalue weighted by atomic mass is 19.3. The SMILES string of the molecule is Cc1cccc(OCC(=O)Nc2ccccc2OC(F)F)c1C. The molecule has 4 nitrogen and oxygen atoms in total. The van der Waals surface area contributed by atoms with Crippen molar-refractivity contribution < 1.29 is 23.0 Å². The maximum Gasteiger partial charge on any atom is 0.387 e. The first-order chi connectivity index (χ1) is 11.0. The molecule has 0 saturated heterocycles. The van der Waals surface area contributed by atoms with Gasteiger partial charge in [0.15, 0.2) is 6.61 Å². The fraction of sp³-hybridized carbons (Fsp3) is 0.235. The maximum absolute atomic E-state index is 12.3. The number of aryl methyl sites for hydroxylation is 1. The van der Waals surface area contributed by atoms with E-state index >= 15 is 0 Å². The molecule has 0 heterocycles. The van der Waals surface area contributed by atoms with Gasteiger partial charge in [-0.15, -0.1) is 0 Å². The first-order valence-electron chi connectivity index (χ1n) is 7.00. The summed E-state index contributed by atoms with van der Waals surface area (Å²) in [5, 5.41) is 2.50. The molecule has 0 aromatic heterocycles. The lowest BCUT2D eigenvalue weighted by atomic mass is 10.1. The Bertz CT molecular complexity index is 689. The van der Waals surface area contributed by atoms with E-state index in [0.29, 0.717) is 5.75 Å². The normalized spacial score (nSPS) is 10.5. The molecule has 0 radical (unpaired) electrons. The minimum atomic E-state index is -2.96. The summed E-state index contributed by atoms with van der Waals surface area (Å²) in [6.07, 6.45) is 0. The molecule has 0 atom stereocenters. The van der Waals surface area contributed by atoms with Crippen molar-refractivity contribution in [1.29, 1.82) is 0 Å². The molecule has 0 bridgehead atoms. The van der Waals surface area contributed by atoms with Crippen molar-refractivity contribution in [3.05, 3.63) is 53.6 Å². The van der Waals surface area contributed by atoms with E-state index in [1.54, 1.807) is 18.2 Å². The lowest BCUT2D eigenvalue weighted by Crippen LogP contribution is -2.21. The van der Waals surface area contributed by atoms with E-state index < -0.39 is 12.5 Å². The maximum atomic E-state index is 12.3. The Morgan fingerprint density at radius 1 is 1.09 bits per heavy atom. The van der Waals surface area contributed by atoms with Gasteiger partial charge in [-0.1, -0.05) is 24.3 Å². The molecule has 2 rings (SSSR count). The van der Waals surface area contributed by atoms with Crippen LogP contribution >= 0.6 is 0 Å². The summed E-state index contributed by atoms with van der Waals surface area (Å²) in [5.74, 6) is 0.0519. The fourth-order valence-corrected chi connectivity index (χ4v) is 1.98. The minimum absolute atomic E-state index is 0.0948. The Balaban J connectivity index is 1.99. The van der Waals surface area contributed by atoms with Crippen LogP contribution in [0.2, 0.25) is 0 Å². The standard InChI is InChI=1S/C17H17F2NO3/c1-11-6-5-9-14(12(11)2)22-10-16(21)20-13-7-3-4-8-15(13)23-17(18)19/h3-9,17H,10H2,1-2H3,(H,20,21). The molecule has 6 heteroatoms. The monoisotopic (exact) mass is 321 g/mol. The van der Waals surface area contributed by atoms with Crippen LogP contribution in [-0.2, 0) is 4.79 Å². The molecule has 1 N–H and O–H groups in total. The Hall–Kier alpha value is -2.63. The van der Waals surface area contributed by atoms with Crippen molar-refractivity contribution in [3.63, 3.8) is 0 Å². The average Bonchev–Trinajstić information content (AvgIpc) is 2.50. The predicted octanol–water partition coefficient (Wildman–Crippen LogP) is 3.92.